The molecule has 1 N–H and O–H groups in total. The molecule has 160 valence electrons. The summed E-state index contributed by atoms with van der Waals surface area (Å²) in [6.07, 6.45) is 1.77. The number of ether oxygens (including phenoxy) is 1. The van der Waals surface area contributed by atoms with E-state index in [1.807, 2.05) is 92.7 Å². The monoisotopic (exact) mass is 442 g/mol. The Morgan fingerprint density at radius 2 is 1.81 bits per heavy atom. The van der Waals surface area contributed by atoms with Crippen LogP contribution in [-0.2, 0) is 4.79 Å². The number of aliphatic imine (C=N–C) groups is 1. The van der Waals surface area contributed by atoms with E-state index in [0.717, 1.165) is 38.8 Å². The van der Waals surface area contributed by atoms with Crippen LogP contribution in [0.2, 0.25) is 5.02 Å². The second-order valence-electron chi connectivity index (χ2n) is 7.55. The standard InChI is InChI=1S/C27H23ClN2O2/c1-18-7-5-9-21(15-18)30-27(31)17-32-26-14-13-20-8-3-4-10-22(20)23(26)16-29-25-12-6-11-24(28)19(25)2/h3-16H,17H2,1-2H3,(H,30,31). The Balaban J connectivity index is 1.60. The highest BCUT2D eigenvalue weighted by Gasteiger charge is 2.10. The first kappa shape index (κ1) is 21.6. The van der Waals surface area contributed by atoms with Gasteiger partial charge in [-0.3, -0.25) is 9.79 Å². The Labute approximate surface area is 192 Å². The normalized spacial score (nSPS) is 11.1. The maximum atomic E-state index is 12.4. The number of carbonyl (C=O) groups excluding carboxylic acids is 1. The highest BCUT2D eigenvalue weighted by atomic mass is 35.5. The molecule has 0 fully saturated rings. The lowest BCUT2D eigenvalue weighted by molar-refractivity contribution is -0.118. The first-order valence-corrected chi connectivity index (χ1v) is 10.7. The maximum absolute atomic E-state index is 12.4. The van der Waals surface area contributed by atoms with Gasteiger partial charge >= 0.3 is 0 Å². The number of anilines is 1. The average molecular weight is 443 g/mol. The molecule has 0 spiro atoms. The largest absolute Gasteiger partial charge is 0.483 e. The molecule has 0 aromatic heterocycles. The first-order chi connectivity index (χ1) is 15.5. The Bertz CT molecular complexity index is 1310. The van der Waals surface area contributed by atoms with Crippen molar-refractivity contribution >= 4 is 45.9 Å². The number of aryl methyl sites for hydroxylation is 1. The smallest absolute Gasteiger partial charge is 0.262 e. The summed E-state index contributed by atoms with van der Waals surface area (Å²) in [5, 5.41) is 5.59. The topological polar surface area (TPSA) is 50.7 Å². The van der Waals surface area contributed by atoms with Gasteiger partial charge in [-0.15, -0.1) is 0 Å². The molecule has 0 saturated heterocycles. The van der Waals surface area contributed by atoms with Crippen LogP contribution in [0.5, 0.6) is 5.75 Å². The van der Waals surface area contributed by atoms with Crippen LogP contribution in [-0.4, -0.2) is 18.7 Å². The van der Waals surface area contributed by atoms with Crippen molar-refractivity contribution in [2.24, 2.45) is 4.99 Å². The molecule has 4 aromatic carbocycles. The SMILES string of the molecule is Cc1cccc(NC(=O)COc2ccc3ccccc3c2C=Nc2cccc(Cl)c2C)c1. The van der Waals surface area contributed by atoms with Gasteiger partial charge in [0.05, 0.1) is 5.69 Å². The van der Waals surface area contributed by atoms with Gasteiger partial charge in [-0.25, -0.2) is 0 Å². The van der Waals surface area contributed by atoms with Crippen LogP contribution in [0, 0.1) is 13.8 Å². The quantitative estimate of drug-likeness (QED) is 0.331. The summed E-state index contributed by atoms with van der Waals surface area (Å²) in [6.45, 7) is 3.81. The number of hydrogen-bond donors (Lipinski definition) is 1. The summed E-state index contributed by atoms with van der Waals surface area (Å²) < 4.78 is 5.92. The van der Waals surface area contributed by atoms with E-state index in [1.54, 1.807) is 6.21 Å². The number of benzene rings is 4. The second kappa shape index (κ2) is 9.67. The predicted octanol–water partition coefficient (Wildman–Crippen LogP) is 6.88. The Morgan fingerprint density at radius 3 is 2.66 bits per heavy atom. The van der Waals surface area contributed by atoms with E-state index in [-0.39, 0.29) is 12.5 Å². The Kier molecular flexibility index (Phi) is 6.52. The van der Waals surface area contributed by atoms with Crippen LogP contribution >= 0.6 is 11.6 Å². The number of amides is 1. The molecule has 4 rings (SSSR count). The van der Waals surface area contributed by atoms with Gasteiger partial charge in [0.25, 0.3) is 5.91 Å². The lowest BCUT2D eigenvalue weighted by atomic mass is 10.0. The van der Waals surface area contributed by atoms with Gasteiger partial charge in [0.15, 0.2) is 6.61 Å². The van der Waals surface area contributed by atoms with E-state index in [2.05, 4.69) is 10.3 Å². The number of halogens is 1. The second-order valence-corrected chi connectivity index (χ2v) is 7.95. The van der Waals surface area contributed by atoms with Gasteiger partial charge in [0.2, 0.25) is 0 Å². The third-order valence-corrected chi connectivity index (χ3v) is 5.57. The molecule has 32 heavy (non-hydrogen) atoms. The zero-order chi connectivity index (χ0) is 22.5. The molecule has 5 heteroatoms. The number of nitrogens with one attached hydrogen (secondary N) is 1. The zero-order valence-electron chi connectivity index (χ0n) is 17.9. The van der Waals surface area contributed by atoms with E-state index in [4.69, 9.17) is 16.3 Å². The van der Waals surface area contributed by atoms with Gasteiger partial charge in [-0.05, 0) is 66.1 Å². The molecule has 0 aliphatic carbocycles. The fourth-order valence-corrected chi connectivity index (χ4v) is 3.64. The molecule has 0 atom stereocenters. The van der Waals surface area contributed by atoms with Crippen LogP contribution in [0.3, 0.4) is 0 Å². The van der Waals surface area contributed by atoms with Crippen LogP contribution in [0.4, 0.5) is 11.4 Å². The molecule has 1 amide bonds. The van der Waals surface area contributed by atoms with Crippen molar-refractivity contribution in [3.8, 4) is 5.75 Å². The predicted molar refractivity (Wildman–Crippen MR) is 133 cm³/mol. The molecular weight excluding hydrogens is 420 g/mol. The van der Waals surface area contributed by atoms with E-state index in [9.17, 15) is 4.79 Å². The van der Waals surface area contributed by atoms with Gasteiger partial charge in [-0.1, -0.05) is 60.1 Å². The molecule has 0 heterocycles. The zero-order valence-corrected chi connectivity index (χ0v) is 18.7. The molecular formula is C27H23ClN2O2. The maximum Gasteiger partial charge on any atom is 0.262 e. The van der Waals surface area contributed by atoms with E-state index in [1.165, 1.54) is 0 Å². The Hall–Kier alpha value is -3.63. The first-order valence-electron chi connectivity index (χ1n) is 10.3. The summed E-state index contributed by atoms with van der Waals surface area (Å²) in [7, 11) is 0. The minimum absolute atomic E-state index is 0.108. The van der Waals surface area contributed by atoms with Crippen molar-refractivity contribution in [1.82, 2.24) is 0 Å². The summed E-state index contributed by atoms with van der Waals surface area (Å²) in [5.74, 6) is 0.365. The van der Waals surface area contributed by atoms with Crippen LogP contribution in [0.25, 0.3) is 10.8 Å². The highest BCUT2D eigenvalue weighted by Crippen LogP contribution is 2.29. The summed E-state index contributed by atoms with van der Waals surface area (Å²) in [6, 6.07) is 25.1. The van der Waals surface area contributed by atoms with Crippen molar-refractivity contribution in [2.75, 3.05) is 11.9 Å². The molecule has 0 aliphatic rings. The van der Waals surface area contributed by atoms with Crippen LogP contribution < -0.4 is 10.1 Å². The number of carbonyl (C=O) groups is 1. The van der Waals surface area contributed by atoms with Crippen molar-refractivity contribution in [3.63, 3.8) is 0 Å². The average Bonchev–Trinajstić information content (AvgIpc) is 2.79. The third kappa shape index (κ3) is 4.98. The summed E-state index contributed by atoms with van der Waals surface area (Å²) in [4.78, 5) is 17.1. The number of rotatable bonds is 6. The summed E-state index contributed by atoms with van der Waals surface area (Å²) in [5.41, 5.74) is 4.33. The molecule has 4 nitrogen and oxygen atoms in total. The molecule has 0 aliphatic heterocycles. The van der Waals surface area contributed by atoms with Gasteiger partial charge in [0.1, 0.15) is 5.75 Å². The molecule has 0 radical (unpaired) electrons. The molecule has 0 bridgehead atoms. The lowest BCUT2D eigenvalue weighted by Crippen LogP contribution is -2.20. The fourth-order valence-electron chi connectivity index (χ4n) is 3.47. The van der Waals surface area contributed by atoms with Crippen molar-refractivity contribution < 1.29 is 9.53 Å². The highest BCUT2D eigenvalue weighted by molar-refractivity contribution is 6.31. The number of hydrogen-bond acceptors (Lipinski definition) is 3. The van der Waals surface area contributed by atoms with Gasteiger partial charge < -0.3 is 10.1 Å². The van der Waals surface area contributed by atoms with Gasteiger partial charge in [-0.2, -0.15) is 0 Å². The molecule has 0 unspecified atom stereocenters. The van der Waals surface area contributed by atoms with E-state index < -0.39 is 0 Å². The number of fused-ring (bicyclic) bond motifs is 1. The number of nitrogens with zero attached hydrogens (tertiary/aromatic N) is 1. The molecule has 4 aromatic rings. The van der Waals surface area contributed by atoms with Gasteiger partial charge in [0, 0.05) is 22.5 Å². The third-order valence-electron chi connectivity index (χ3n) is 5.16. The minimum atomic E-state index is -0.225. The van der Waals surface area contributed by atoms with E-state index in [0.29, 0.717) is 10.8 Å². The fraction of sp³-hybridized carbons (Fsp3) is 0.111. The Morgan fingerprint density at radius 1 is 1.00 bits per heavy atom. The minimum Gasteiger partial charge on any atom is -0.483 e. The van der Waals surface area contributed by atoms with Crippen LogP contribution in [0.1, 0.15) is 16.7 Å². The van der Waals surface area contributed by atoms with Crippen molar-refractivity contribution in [2.45, 2.75) is 13.8 Å². The van der Waals surface area contributed by atoms with Crippen LogP contribution in [0.15, 0.2) is 83.9 Å². The lowest BCUT2D eigenvalue weighted by Gasteiger charge is -2.12. The summed E-state index contributed by atoms with van der Waals surface area (Å²) >= 11 is 6.24. The van der Waals surface area contributed by atoms with Crippen molar-refractivity contribution in [1.29, 1.82) is 0 Å². The molecule has 0 saturated carbocycles. The van der Waals surface area contributed by atoms with E-state index >= 15 is 0 Å². The van der Waals surface area contributed by atoms with Crippen molar-refractivity contribution in [3.05, 3.63) is 101 Å².